The predicted octanol–water partition coefficient (Wildman–Crippen LogP) is 14.9. The first-order chi connectivity index (χ1) is 27.8. The quantitative estimate of drug-likeness (QED) is 0.152. The van der Waals surface area contributed by atoms with Crippen LogP contribution in [0.25, 0.3) is 72.0 Å². The van der Waals surface area contributed by atoms with Crippen molar-refractivity contribution in [2.45, 2.75) is 0 Å². The van der Waals surface area contributed by atoms with Crippen molar-refractivity contribution in [3.05, 3.63) is 231 Å². The second-order valence-corrected chi connectivity index (χ2v) is 14.1. The van der Waals surface area contributed by atoms with Crippen LogP contribution in [0.5, 0.6) is 0 Å². The maximum absolute atomic E-state index is 2.45. The highest BCUT2D eigenvalue weighted by Gasteiger charge is 2.24. The number of nitrogens with zero attached hydrogens (tertiary/aromatic N) is 2. The van der Waals surface area contributed by atoms with Crippen molar-refractivity contribution in [3.8, 4) is 50.2 Å². The van der Waals surface area contributed by atoms with Gasteiger partial charge in [-0.2, -0.15) is 0 Å². The van der Waals surface area contributed by atoms with Gasteiger partial charge in [0.25, 0.3) is 0 Å². The molecule has 2 heteroatoms. The fourth-order valence-electron chi connectivity index (χ4n) is 8.33. The average molecular weight is 715 g/mol. The number of fused-ring (bicyclic) bond motifs is 3. The van der Waals surface area contributed by atoms with Crippen molar-refractivity contribution in [2.24, 2.45) is 0 Å². The zero-order chi connectivity index (χ0) is 37.3. The molecule has 0 saturated heterocycles. The molecule has 10 rings (SSSR count). The molecule has 0 spiro atoms. The van der Waals surface area contributed by atoms with Crippen molar-refractivity contribution >= 4 is 38.9 Å². The number of anilines is 3. The standard InChI is InChI=1S/C54H38N2/c1-5-20-39(21-6-1)44-28-13-14-29-46(44)47-30-15-17-32-50(47)55(42-26-11-4-12-27-42)52-34-19-35-53-54(52)48-31-16-18-33-51(48)56(53)43-36-37-45(40-22-7-2-8-23-40)49(38-43)41-24-9-3-10-25-41/h1-38H. The van der Waals surface area contributed by atoms with Crippen molar-refractivity contribution in [1.82, 2.24) is 4.57 Å². The normalized spacial score (nSPS) is 11.2. The molecular formula is C54H38N2. The third-order valence-corrected chi connectivity index (χ3v) is 10.8. The fraction of sp³-hybridized carbons (Fsp3) is 0. The Balaban J connectivity index is 1.23. The Kier molecular flexibility index (Phi) is 8.55. The summed E-state index contributed by atoms with van der Waals surface area (Å²) in [5, 5.41) is 2.40. The number of benzene rings is 9. The summed E-state index contributed by atoms with van der Waals surface area (Å²) in [6.07, 6.45) is 0. The minimum atomic E-state index is 1.10. The third-order valence-electron chi connectivity index (χ3n) is 10.8. The van der Waals surface area contributed by atoms with Gasteiger partial charge in [-0.1, -0.05) is 182 Å². The molecule has 0 aliphatic carbocycles. The number of para-hydroxylation sites is 3. The number of hydrogen-bond donors (Lipinski definition) is 0. The second-order valence-electron chi connectivity index (χ2n) is 14.1. The molecule has 0 atom stereocenters. The first-order valence-corrected chi connectivity index (χ1v) is 19.2. The minimum absolute atomic E-state index is 1.10. The van der Waals surface area contributed by atoms with Crippen molar-refractivity contribution < 1.29 is 0 Å². The van der Waals surface area contributed by atoms with Gasteiger partial charge in [0, 0.05) is 27.7 Å². The fourth-order valence-corrected chi connectivity index (χ4v) is 8.33. The lowest BCUT2D eigenvalue weighted by Crippen LogP contribution is -2.11. The van der Waals surface area contributed by atoms with Gasteiger partial charge < -0.3 is 9.47 Å². The molecule has 0 amide bonds. The summed E-state index contributed by atoms with van der Waals surface area (Å²) < 4.78 is 2.44. The molecular weight excluding hydrogens is 677 g/mol. The summed E-state index contributed by atoms with van der Waals surface area (Å²) in [4.78, 5) is 2.45. The molecule has 2 nitrogen and oxygen atoms in total. The lowest BCUT2D eigenvalue weighted by atomic mass is 9.93. The van der Waals surface area contributed by atoms with Crippen LogP contribution in [0.1, 0.15) is 0 Å². The molecule has 0 aliphatic rings. The van der Waals surface area contributed by atoms with Gasteiger partial charge in [-0.15, -0.1) is 0 Å². The van der Waals surface area contributed by atoms with Crippen LogP contribution in [0.3, 0.4) is 0 Å². The third kappa shape index (κ3) is 5.85. The molecule has 10 aromatic rings. The number of rotatable bonds is 8. The Morgan fingerprint density at radius 1 is 0.304 bits per heavy atom. The highest BCUT2D eigenvalue weighted by Crippen LogP contribution is 2.48. The van der Waals surface area contributed by atoms with Crippen LogP contribution in [0.2, 0.25) is 0 Å². The van der Waals surface area contributed by atoms with Crippen molar-refractivity contribution in [3.63, 3.8) is 0 Å². The first-order valence-electron chi connectivity index (χ1n) is 19.2. The maximum atomic E-state index is 2.45. The topological polar surface area (TPSA) is 8.17 Å². The highest BCUT2D eigenvalue weighted by molar-refractivity contribution is 6.17. The summed E-state index contributed by atoms with van der Waals surface area (Å²) >= 11 is 0. The minimum Gasteiger partial charge on any atom is -0.309 e. The molecule has 56 heavy (non-hydrogen) atoms. The Labute approximate surface area is 327 Å². The van der Waals surface area contributed by atoms with E-state index in [4.69, 9.17) is 0 Å². The molecule has 9 aromatic carbocycles. The van der Waals surface area contributed by atoms with Gasteiger partial charge in [-0.25, -0.2) is 0 Å². The van der Waals surface area contributed by atoms with E-state index in [2.05, 4.69) is 240 Å². The Hall–Kier alpha value is -7.42. The molecule has 0 bridgehead atoms. The van der Waals surface area contributed by atoms with Gasteiger partial charge in [0.1, 0.15) is 0 Å². The molecule has 0 fully saturated rings. The molecule has 0 radical (unpaired) electrons. The largest absolute Gasteiger partial charge is 0.309 e. The van der Waals surface area contributed by atoms with Crippen molar-refractivity contribution in [1.29, 1.82) is 0 Å². The SMILES string of the molecule is c1ccc(-c2ccc(-n3c4ccccc4c4c(N(c5ccccc5)c5ccccc5-c5ccccc5-c5ccccc5)cccc43)cc2-c2ccccc2)cc1. The van der Waals surface area contributed by atoms with Crippen LogP contribution in [0.15, 0.2) is 231 Å². The van der Waals surface area contributed by atoms with Crippen LogP contribution < -0.4 is 4.90 Å². The van der Waals surface area contributed by atoms with Crippen LogP contribution >= 0.6 is 0 Å². The van der Waals surface area contributed by atoms with E-state index >= 15 is 0 Å². The van der Waals surface area contributed by atoms with Crippen LogP contribution in [-0.2, 0) is 0 Å². The Morgan fingerprint density at radius 2 is 0.786 bits per heavy atom. The first kappa shape index (κ1) is 33.2. The zero-order valence-electron chi connectivity index (χ0n) is 30.8. The highest BCUT2D eigenvalue weighted by atomic mass is 15.1. The van der Waals surface area contributed by atoms with Gasteiger partial charge in [-0.05, 0) is 87.5 Å². The maximum Gasteiger partial charge on any atom is 0.0562 e. The lowest BCUT2D eigenvalue weighted by molar-refractivity contribution is 1.18. The molecule has 0 unspecified atom stereocenters. The van der Waals surface area contributed by atoms with E-state index in [9.17, 15) is 0 Å². The Morgan fingerprint density at radius 3 is 1.46 bits per heavy atom. The van der Waals surface area contributed by atoms with Gasteiger partial charge in [-0.3, -0.25) is 0 Å². The molecule has 1 aromatic heterocycles. The molecule has 0 N–H and O–H groups in total. The summed E-state index contributed by atoms with van der Waals surface area (Å²) in [7, 11) is 0. The lowest BCUT2D eigenvalue weighted by Gasteiger charge is -2.29. The van der Waals surface area contributed by atoms with E-state index in [0.29, 0.717) is 0 Å². The molecule has 0 aliphatic heterocycles. The predicted molar refractivity (Wildman–Crippen MR) is 237 cm³/mol. The van der Waals surface area contributed by atoms with Gasteiger partial charge in [0.2, 0.25) is 0 Å². The van der Waals surface area contributed by atoms with E-state index in [1.165, 1.54) is 55.3 Å². The summed E-state index contributed by atoms with van der Waals surface area (Å²) in [6.45, 7) is 0. The average Bonchev–Trinajstić information content (AvgIpc) is 3.63. The summed E-state index contributed by atoms with van der Waals surface area (Å²) in [5.74, 6) is 0. The number of aromatic nitrogens is 1. The molecule has 264 valence electrons. The van der Waals surface area contributed by atoms with E-state index in [1.807, 2.05) is 0 Å². The van der Waals surface area contributed by atoms with E-state index in [0.717, 1.165) is 33.8 Å². The van der Waals surface area contributed by atoms with Gasteiger partial charge >= 0.3 is 0 Å². The monoisotopic (exact) mass is 714 g/mol. The Bertz CT molecular complexity index is 2950. The zero-order valence-corrected chi connectivity index (χ0v) is 30.8. The second kappa shape index (κ2) is 14.4. The number of hydrogen-bond acceptors (Lipinski definition) is 1. The van der Waals surface area contributed by atoms with Crippen LogP contribution in [-0.4, -0.2) is 4.57 Å². The summed E-state index contributed by atoms with van der Waals surface area (Å²) in [5.41, 5.74) is 16.3. The summed E-state index contributed by atoms with van der Waals surface area (Å²) in [6, 6.07) is 83.0. The smallest absolute Gasteiger partial charge is 0.0562 e. The van der Waals surface area contributed by atoms with E-state index in [1.54, 1.807) is 0 Å². The van der Waals surface area contributed by atoms with Crippen LogP contribution in [0.4, 0.5) is 17.1 Å². The van der Waals surface area contributed by atoms with Gasteiger partial charge in [0.15, 0.2) is 0 Å². The van der Waals surface area contributed by atoms with Crippen LogP contribution in [0, 0.1) is 0 Å². The molecule has 0 saturated carbocycles. The van der Waals surface area contributed by atoms with E-state index < -0.39 is 0 Å². The molecule has 1 heterocycles. The van der Waals surface area contributed by atoms with E-state index in [-0.39, 0.29) is 0 Å². The van der Waals surface area contributed by atoms with Gasteiger partial charge in [0.05, 0.1) is 22.4 Å². The van der Waals surface area contributed by atoms with Crippen molar-refractivity contribution in [2.75, 3.05) is 4.90 Å².